The lowest BCUT2D eigenvalue weighted by Crippen LogP contribution is -2.45. The molecule has 1 unspecified atom stereocenters. The predicted molar refractivity (Wildman–Crippen MR) is 71.9 cm³/mol. The highest BCUT2D eigenvalue weighted by atomic mass is 16.4. The molecule has 2 amide bonds. The monoisotopic (exact) mass is 268 g/mol. The number of carboxylic acids is 1. The maximum atomic E-state index is 12.5. The Morgan fingerprint density at radius 1 is 1.32 bits per heavy atom. The summed E-state index contributed by atoms with van der Waals surface area (Å²) in [5, 5.41) is 8.81. The molecule has 2 fully saturated rings. The predicted octanol–water partition coefficient (Wildman–Crippen LogP) is 2.02. The Hall–Kier alpha value is -1.26. The van der Waals surface area contributed by atoms with E-state index < -0.39 is 5.97 Å². The van der Waals surface area contributed by atoms with Crippen molar-refractivity contribution in [3.8, 4) is 0 Å². The van der Waals surface area contributed by atoms with Crippen molar-refractivity contribution in [3.63, 3.8) is 0 Å². The zero-order valence-electron chi connectivity index (χ0n) is 11.8. The van der Waals surface area contributed by atoms with Crippen LogP contribution >= 0.6 is 0 Å². The molecule has 1 heterocycles. The summed E-state index contributed by atoms with van der Waals surface area (Å²) < 4.78 is 0. The molecule has 2 rings (SSSR count). The number of carbonyl (C=O) groups excluding carboxylic acids is 1. The van der Waals surface area contributed by atoms with Gasteiger partial charge in [-0.1, -0.05) is 13.8 Å². The van der Waals surface area contributed by atoms with Gasteiger partial charge in [0.2, 0.25) is 0 Å². The van der Waals surface area contributed by atoms with Crippen molar-refractivity contribution in [2.45, 2.75) is 45.6 Å². The molecular formula is C14H24N2O3. The van der Waals surface area contributed by atoms with Crippen LogP contribution in [0.3, 0.4) is 0 Å². The summed E-state index contributed by atoms with van der Waals surface area (Å²) in [6.07, 6.45) is 3.23. The molecule has 0 radical (unpaired) electrons. The van der Waals surface area contributed by atoms with Gasteiger partial charge in [0.25, 0.3) is 0 Å². The number of aliphatic carboxylic acids is 1. The molecule has 108 valence electrons. The molecule has 1 N–H and O–H groups in total. The highest BCUT2D eigenvalue weighted by Crippen LogP contribution is 2.30. The van der Waals surface area contributed by atoms with E-state index in [1.54, 1.807) is 0 Å². The quantitative estimate of drug-likeness (QED) is 0.830. The largest absolute Gasteiger partial charge is 0.481 e. The molecule has 1 aliphatic carbocycles. The summed E-state index contributed by atoms with van der Waals surface area (Å²) in [7, 11) is 0. The minimum atomic E-state index is -0.763. The molecular weight excluding hydrogens is 244 g/mol. The number of hydrogen-bond donors (Lipinski definition) is 1. The Labute approximate surface area is 114 Å². The minimum Gasteiger partial charge on any atom is -0.481 e. The molecule has 1 aliphatic heterocycles. The summed E-state index contributed by atoms with van der Waals surface area (Å²) in [6, 6.07) is 0.539. The third-order valence-electron chi connectivity index (χ3n) is 3.81. The zero-order chi connectivity index (χ0) is 14.0. The van der Waals surface area contributed by atoms with Gasteiger partial charge in [-0.15, -0.1) is 0 Å². The number of amides is 2. The molecule has 19 heavy (non-hydrogen) atoms. The van der Waals surface area contributed by atoms with Gasteiger partial charge in [0.1, 0.15) is 0 Å². The van der Waals surface area contributed by atoms with Gasteiger partial charge in [0.05, 0.1) is 0 Å². The number of likely N-dealkylation sites (tertiary alicyclic amines) is 1. The molecule has 1 saturated heterocycles. The molecule has 0 aromatic heterocycles. The Balaban J connectivity index is 1.89. The standard InChI is InChI=1S/C14H24N2O3/c1-10(2)8-16(12-3-4-12)14(19)15-6-5-11(9-15)7-13(17)18/h10-12H,3-9H2,1-2H3,(H,17,18). The van der Waals surface area contributed by atoms with Crippen molar-refractivity contribution in [1.82, 2.24) is 9.80 Å². The summed E-state index contributed by atoms with van der Waals surface area (Å²) >= 11 is 0. The number of carbonyl (C=O) groups is 2. The van der Waals surface area contributed by atoms with Gasteiger partial charge in [-0.3, -0.25) is 4.79 Å². The number of urea groups is 1. The van der Waals surface area contributed by atoms with Crippen molar-refractivity contribution >= 4 is 12.0 Å². The summed E-state index contributed by atoms with van der Waals surface area (Å²) in [6.45, 7) is 6.37. The maximum Gasteiger partial charge on any atom is 0.320 e. The fraction of sp³-hybridized carbons (Fsp3) is 0.857. The first kappa shape index (κ1) is 14.2. The fourth-order valence-electron chi connectivity index (χ4n) is 2.76. The molecule has 5 heteroatoms. The molecule has 1 saturated carbocycles. The van der Waals surface area contributed by atoms with Gasteiger partial charge < -0.3 is 14.9 Å². The van der Waals surface area contributed by atoms with E-state index in [0.29, 0.717) is 25.0 Å². The van der Waals surface area contributed by atoms with E-state index in [-0.39, 0.29) is 18.4 Å². The smallest absolute Gasteiger partial charge is 0.320 e. The van der Waals surface area contributed by atoms with Crippen LogP contribution in [0.5, 0.6) is 0 Å². The van der Waals surface area contributed by atoms with Crippen LogP contribution in [0.15, 0.2) is 0 Å². The van der Waals surface area contributed by atoms with E-state index in [9.17, 15) is 9.59 Å². The molecule has 0 aromatic rings. The highest BCUT2D eigenvalue weighted by molar-refractivity contribution is 5.76. The van der Waals surface area contributed by atoms with E-state index >= 15 is 0 Å². The maximum absolute atomic E-state index is 12.5. The van der Waals surface area contributed by atoms with Crippen LogP contribution in [0.25, 0.3) is 0 Å². The number of carboxylic acid groups (broad SMARTS) is 1. The zero-order valence-corrected chi connectivity index (χ0v) is 11.8. The topological polar surface area (TPSA) is 60.9 Å². The normalized spacial score (nSPS) is 22.9. The van der Waals surface area contributed by atoms with Crippen LogP contribution in [0.4, 0.5) is 4.79 Å². The molecule has 1 atom stereocenters. The number of nitrogens with zero attached hydrogens (tertiary/aromatic N) is 2. The van der Waals surface area contributed by atoms with E-state index in [0.717, 1.165) is 25.8 Å². The number of hydrogen-bond acceptors (Lipinski definition) is 2. The van der Waals surface area contributed by atoms with Gasteiger partial charge in [-0.25, -0.2) is 4.79 Å². The van der Waals surface area contributed by atoms with Gasteiger partial charge in [-0.05, 0) is 31.1 Å². The van der Waals surface area contributed by atoms with Crippen molar-refractivity contribution < 1.29 is 14.7 Å². The Morgan fingerprint density at radius 3 is 2.53 bits per heavy atom. The first-order valence-corrected chi connectivity index (χ1v) is 7.24. The average Bonchev–Trinajstić information content (AvgIpc) is 3.05. The second-order valence-corrected chi connectivity index (χ2v) is 6.26. The molecule has 0 spiro atoms. The Bertz CT molecular complexity index is 353. The fourth-order valence-corrected chi connectivity index (χ4v) is 2.76. The van der Waals surface area contributed by atoms with Crippen molar-refractivity contribution in [2.24, 2.45) is 11.8 Å². The Kier molecular flexibility index (Phi) is 4.32. The van der Waals surface area contributed by atoms with E-state index in [1.165, 1.54) is 0 Å². The van der Waals surface area contributed by atoms with Crippen molar-refractivity contribution in [2.75, 3.05) is 19.6 Å². The highest BCUT2D eigenvalue weighted by Gasteiger charge is 2.37. The van der Waals surface area contributed by atoms with Gasteiger partial charge in [0, 0.05) is 32.1 Å². The van der Waals surface area contributed by atoms with Crippen LogP contribution in [0.2, 0.25) is 0 Å². The summed E-state index contributed by atoms with van der Waals surface area (Å²) in [4.78, 5) is 27.0. The number of rotatable bonds is 5. The average molecular weight is 268 g/mol. The van der Waals surface area contributed by atoms with Crippen LogP contribution in [-0.4, -0.2) is 52.6 Å². The van der Waals surface area contributed by atoms with Crippen molar-refractivity contribution in [1.29, 1.82) is 0 Å². The van der Waals surface area contributed by atoms with Crippen LogP contribution in [0, 0.1) is 11.8 Å². The summed E-state index contributed by atoms with van der Waals surface area (Å²) in [5.41, 5.74) is 0. The Morgan fingerprint density at radius 2 is 2.00 bits per heavy atom. The third kappa shape index (κ3) is 3.85. The first-order valence-electron chi connectivity index (χ1n) is 7.24. The van der Waals surface area contributed by atoms with Gasteiger partial charge in [0.15, 0.2) is 0 Å². The van der Waals surface area contributed by atoms with Crippen molar-refractivity contribution in [3.05, 3.63) is 0 Å². The molecule has 0 bridgehead atoms. The van der Waals surface area contributed by atoms with Gasteiger partial charge in [-0.2, -0.15) is 0 Å². The van der Waals surface area contributed by atoms with E-state index in [2.05, 4.69) is 13.8 Å². The van der Waals surface area contributed by atoms with Gasteiger partial charge >= 0.3 is 12.0 Å². The second-order valence-electron chi connectivity index (χ2n) is 6.26. The van der Waals surface area contributed by atoms with E-state index in [4.69, 9.17) is 5.11 Å². The first-order chi connectivity index (χ1) is 8.97. The summed E-state index contributed by atoms with van der Waals surface area (Å²) in [5.74, 6) is -0.163. The lowest BCUT2D eigenvalue weighted by Gasteiger charge is -2.29. The minimum absolute atomic E-state index is 0.115. The third-order valence-corrected chi connectivity index (χ3v) is 3.81. The van der Waals surface area contributed by atoms with Crippen LogP contribution in [0.1, 0.15) is 39.5 Å². The second kappa shape index (κ2) is 5.80. The molecule has 5 nitrogen and oxygen atoms in total. The SMILES string of the molecule is CC(C)CN(C(=O)N1CCC(CC(=O)O)C1)C1CC1. The lowest BCUT2D eigenvalue weighted by atomic mass is 10.1. The lowest BCUT2D eigenvalue weighted by molar-refractivity contribution is -0.138. The van der Waals surface area contributed by atoms with Crippen LogP contribution in [-0.2, 0) is 4.79 Å². The molecule has 0 aromatic carbocycles. The van der Waals surface area contributed by atoms with Crippen LogP contribution < -0.4 is 0 Å². The van der Waals surface area contributed by atoms with E-state index in [1.807, 2.05) is 9.80 Å². The molecule has 2 aliphatic rings.